The Kier molecular flexibility index (Phi) is 4.00. The molecule has 0 aliphatic carbocycles. The molecule has 0 unspecified atom stereocenters. The maximum Gasteiger partial charge on any atom is 0.156 e. The maximum atomic E-state index is 5.58. The lowest BCUT2D eigenvalue weighted by Gasteiger charge is -2.09. The molecule has 4 nitrogen and oxygen atoms in total. The van der Waals surface area contributed by atoms with Crippen LogP contribution in [0.1, 0.15) is 35.0 Å². The lowest BCUT2D eigenvalue weighted by atomic mass is 10.1. The van der Waals surface area contributed by atoms with E-state index in [9.17, 15) is 0 Å². The zero-order chi connectivity index (χ0) is 14.0. The molecule has 0 saturated carbocycles. The second kappa shape index (κ2) is 5.53. The Morgan fingerprint density at radius 3 is 2.53 bits per heavy atom. The van der Waals surface area contributed by atoms with Crippen LogP contribution in [0.25, 0.3) is 5.82 Å². The summed E-state index contributed by atoms with van der Waals surface area (Å²) in [6.07, 6.45) is 3.77. The highest BCUT2D eigenvalue weighted by atomic mass is 15.3. The first kappa shape index (κ1) is 13.7. The van der Waals surface area contributed by atoms with Crippen molar-refractivity contribution >= 4 is 0 Å². The Balaban J connectivity index is 2.47. The van der Waals surface area contributed by atoms with E-state index < -0.39 is 0 Å². The third-order valence-corrected chi connectivity index (χ3v) is 3.54. The molecule has 2 aromatic heterocycles. The van der Waals surface area contributed by atoms with E-state index in [1.54, 1.807) is 0 Å². The SMILES string of the molecule is CCc1c(C)nn(-c2ncc(CCN)cc2C)c1C. The highest BCUT2D eigenvalue weighted by Crippen LogP contribution is 2.19. The minimum Gasteiger partial charge on any atom is -0.330 e. The van der Waals surface area contributed by atoms with Gasteiger partial charge in [0.15, 0.2) is 5.82 Å². The Morgan fingerprint density at radius 2 is 2.00 bits per heavy atom. The zero-order valence-electron chi connectivity index (χ0n) is 12.2. The lowest BCUT2D eigenvalue weighted by Crippen LogP contribution is -2.08. The van der Waals surface area contributed by atoms with Crippen molar-refractivity contribution in [1.82, 2.24) is 14.8 Å². The molecule has 19 heavy (non-hydrogen) atoms. The largest absolute Gasteiger partial charge is 0.330 e. The van der Waals surface area contributed by atoms with Gasteiger partial charge in [0.05, 0.1) is 5.69 Å². The van der Waals surface area contributed by atoms with E-state index in [1.165, 1.54) is 16.8 Å². The monoisotopic (exact) mass is 258 g/mol. The third-order valence-electron chi connectivity index (χ3n) is 3.54. The summed E-state index contributed by atoms with van der Waals surface area (Å²) in [4.78, 5) is 4.56. The van der Waals surface area contributed by atoms with Crippen LogP contribution < -0.4 is 5.73 Å². The van der Waals surface area contributed by atoms with Gasteiger partial charge in [0.25, 0.3) is 0 Å². The molecule has 2 rings (SSSR count). The molecule has 102 valence electrons. The summed E-state index contributed by atoms with van der Waals surface area (Å²) in [5.74, 6) is 0.918. The van der Waals surface area contributed by atoms with Crippen molar-refractivity contribution in [2.45, 2.75) is 40.5 Å². The van der Waals surface area contributed by atoms with Crippen molar-refractivity contribution < 1.29 is 0 Å². The molecule has 0 aliphatic rings. The molecule has 0 spiro atoms. The average Bonchev–Trinajstić information content (AvgIpc) is 2.65. The summed E-state index contributed by atoms with van der Waals surface area (Å²) >= 11 is 0. The molecule has 0 bridgehead atoms. The van der Waals surface area contributed by atoms with Gasteiger partial charge >= 0.3 is 0 Å². The van der Waals surface area contributed by atoms with Crippen LogP contribution in [0.3, 0.4) is 0 Å². The van der Waals surface area contributed by atoms with Crippen LogP contribution in [0.2, 0.25) is 0 Å². The van der Waals surface area contributed by atoms with Crippen LogP contribution in [0.4, 0.5) is 0 Å². The molecule has 0 amide bonds. The van der Waals surface area contributed by atoms with E-state index in [0.29, 0.717) is 6.54 Å². The number of aromatic nitrogens is 3. The van der Waals surface area contributed by atoms with Crippen molar-refractivity contribution in [3.8, 4) is 5.82 Å². The first-order valence-corrected chi connectivity index (χ1v) is 6.79. The number of aryl methyl sites for hydroxylation is 2. The van der Waals surface area contributed by atoms with Crippen LogP contribution in [0, 0.1) is 20.8 Å². The lowest BCUT2D eigenvalue weighted by molar-refractivity contribution is 0.793. The van der Waals surface area contributed by atoms with Crippen LogP contribution in [-0.4, -0.2) is 21.3 Å². The fourth-order valence-electron chi connectivity index (χ4n) is 2.54. The molecule has 0 atom stereocenters. The Bertz CT molecular complexity index is 584. The summed E-state index contributed by atoms with van der Waals surface area (Å²) in [5, 5.41) is 4.62. The number of pyridine rings is 1. The average molecular weight is 258 g/mol. The minimum atomic E-state index is 0.653. The topological polar surface area (TPSA) is 56.7 Å². The van der Waals surface area contributed by atoms with Crippen molar-refractivity contribution in [2.24, 2.45) is 5.73 Å². The van der Waals surface area contributed by atoms with Crippen molar-refractivity contribution in [3.05, 3.63) is 40.3 Å². The predicted molar refractivity (Wildman–Crippen MR) is 77.7 cm³/mol. The van der Waals surface area contributed by atoms with Crippen molar-refractivity contribution in [1.29, 1.82) is 0 Å². The van der Waals surface area contributed by atoms with Crippen molar-refractivity contribution in [3.63, 3.8) is 0 Å². The van der Waals surface area contributed by atoms with Crippen LogP contribution in [0.5, 0.6) is 0 Å². The summed E-state index contributed by atoms with van der Waals surface area (Å²) in [5.41, 5.74) is 11.5. The zero-order valence-corrected chi connectivity index (χ0v) is 12.2. The second-order valence-corrected chi connectivity index (χ2v) is 4.94. The van der Waals surface area contributed by atoms with Crippen LogP contribution in [-0.2, 0) is 12.8 Å². The van der Waals surface area contributed by atoms with Gasteiger partial charge in [0.2, 0.25) is 0 Å². The Labute approximate surface area is 114 Å². The van der Waals surface area contributed by atoms with Gasteiger partial charge in [0.1, 0.15) is 0 Å². The third kappa shape index (κ3) is 2.54. The van der Waals surface area contributed by atoms with E-state index in [2.05, 4.69) is 43.8 Å². The maximum absolute atomic E-state index is 5.58. The number of rotatable bonds is 4. The summed E-state index contributed by atoms with van der Waals surface area (Å²) < 4.78 is 1.95. The number of nitrogens with zero attached hydrogens (tertiary/aromatic N) is 3. The van der Waals surface area contributed by atoms with Crippen LogP contribution >= 0.6 is 0 Å². The quantitative estimate of drug-likeness (QED) is 0.915. The smallest absolute Gasteiger partial charge is 0.156 e. The molecular weight excluding hydrogens is 236 g/mol. The molecule has 2 heterocycles. The molecule has 0 aromatic carbocycles. The van der Waals surface area contributed by atoms with Crippen molar-refractivity contribution in [2.75, 3.05) is 6.54 Å². The first-order valence-electron chi connectivity index (χ1n) is 6.79. The summed E-state index contributed by atoms with van der Waals surface area (Å²) in [6, 6.07) is 2.15. The van der Waals surface area contributed by atoms with E-state index in [4.69, 9.17) is 5.73 Å². The highest BCUT2D eigenvalue weighted by molar-refractivity contribution is 5.39. The number of hydrogen-bond donors (Lipinski definition) is 1. The molecule has 0 aliphatic heterocycles. The molecule has 2 aromatic rings. The Morgan fingerprint density at radius 1 is 1.26 bits per heavy atom. The Hall–Kier alpha value is -1.68. The van der Waals surface area contributed by atoms with E-state index in [0.717, 1.165) is 29.9 Å². The van der Waals surface area contributed by atoms with E-state index >= 15 is 0 Å². The van der Waals surface area contributed by atoms with E-state index in [-0.39, 0.29) is 0 Å². The van der Waals surface area contributed by atoms with Gasteiger partial charge in [-0.05, 0) is 56.8 Å². The normalized spacial score (nSPS) is 11.0. The molecular formula is C15H22N4. The number of nitrogens with two attached hydrogens (primary N) is 1. The first-order chi connectivity index (χ1) is 9.08. The van der Waals surface area contributed by atoms with Gasteiger partial charge in [-0.1, -0.05) is 13.0 Å². The fraction of sp³-hybridized carbons (Fsp3) is 0.467. The molecule has 0 radical (unpaired) electrons. The van der Waals surface area contributed by atoms with Gasteiger partial charge < -0.3 is 5.73 Å². The van der Waals surface area contributed by atoms with Crippen LogP contribution in [0.15, 0.2) is 12.3 Å². The highest BCUT2D eigenvalue weighted by Gasteiger charge is 2.13. The minimum absolute atomic E-state index is 0.653. The molecule has 0 saturated heterocycles. The van der Waals surface area contributed by atoms with Gasteiger partial charge in [-0.3, -0.25) is 0 Å². The standard InChI is InChI=1S/C15H22N4/c1-5-14-11(3)18-19(12(14)4)15-10(2)8-13(6-7-16)9-17-15/h8-9H,5-7,16H2,1-4H3. The fourth-order valence-corrected chi connectivity index (χ4v) is 2.54. The second-order valence-electron chi connectivity index (χ2n) is 4.94. The van der Waals surface area contributed by atoms with Gasteiger partial charge in [-0.2, -0.15) is 5.10 Å². The summed E-state index contributed by atoms with van der Waals surface area (Å²) in [7, 11) is 0. The van der Waals surface area contributed by atoms with Gasteiger partial charge in [-0.25, -0.2) is 9.67 Å². The van der Waals surface area contributed by atoms with Gasteiger partial charge in [0, 0.05) is 11.9 Å². The molecule has 0 fully saturated rings. The molecule has 2 N–H and O–H groups in total. The number of hydrogen-bond acceptors (Lipinski definition) is 3. The summed E-state index contributed by atoms with van der Waals surface area (Å²) in [6.45, 7) is 9.05. The predicted octanol–water partition coefficient (Wildman–Crippen LogP) is 2.26. The molecule has 4 heteroatoms. The van der Waals surface area contributed by atoms with E-state index in [1.807, 2.05) is 10.9 Å². The van der Waals surface area contributed by atoms with Gasteiger partial charge in [-0.15, -0.1) is 0 Å².